The van der Waals surface area contributed by atoms with Gasteiger partial charge in [-0.15, -0.1) is 0 Å². The first kappa shape index (κ1) is 22.9. The number of nitrogens with zero attached hydrogens (tertiary/aromatic N) is 2. The van der Waals surface area contributed by atoms with Crippen molar-refractivity contribution in [1.29, 1.82) is 0 Å². The Morgan fingerprint density at radius 2 is 1.88 bits per heavy atom. The van der Waals surface area contributed by atoms with E-state index in [0.717, 1.165) is 38.5 Å². The molecule has 9 heteroatoms. The maximum Gasteiger partial charge on any atom is 0.321 e. The minimum absolute atomic E-state index is 0.0173. The van der Waals surface area contributed by atoms with Crippen molar-refractivity contribution in [3.63, 3.8) is 0 Å². The highest BCUT2D eigenvalue weighted by Gasteiger charge is 2.28. The van der Waals surface area contributed by atoms with Crippen LogP contribution in [0, 0.1) is 5.92 Å². The molecule has 0 bridgehead atoms. The molecule has 2 unspecified atom stereocenters. The topological polar surface area (TPSA) is 119 Å². The van der Waals surface area contributed by atoms with E-state index in [4.69, 9.17) is 4.74 Å². The van der Waals surface area contributed by atoms with E-state index in [0.29, 0.717) is 22.6 Å². The van der Waals surface area contributed by atoms with Crippen molar-refractivity contribution in [2.24, 2.45) is 5.92 Å². The van der Waals surface area contributed by atoms with Gasteiger partial charge in [0.15, 0.2) is 6.61 Å². The minimum atomic E-state index is -0.678. The maximum atomic E-state index is 12.9. The first-order valence-corrected chi connectivity index (χ1v) is 11.7. The van der Waals surface area contributed by atoms with E-state index >= 15 is 0 Å². The monoisotopic (exact) mass is 454 g/mol. The van der Waals surface area contributed by atoms with Gasteiger partial charge in [0.05, 0.1) is 17.3 Å². The Morgan fingerprint density at radius 3 is 2.64 bits per heavy atom. The van der Waals surface area contributed by atoms with E-state index in [2.05, 4.69) is 22.5 Å². The largest absolute Gasteiger partial charge is 0.456 e. The summed E-state index contributed by atoms with van der Waals surface area (Å²) in [4.78, 5) is 53.7. The average molecular weight is 455 g/mol. The summed E-state index contributed by atoms with van der Waals surface area (Å²) in [5, 5.41) is 5.60. The molecule has 33 heavy (non-hydrogen) atoms. The van der Waals surface area contributed by atoms with Crippen molar-refractivity contribution in [1.82, 2.24) is 20.2 Å². The van der Waals surface area contributed by atoms with Gasteiger partial charge in [0.25, 0.3) is 11.5 Å². The lowest BCUT2D eigenvalue weighted by Gasteiger charge is -2.29. The van der Waals surface area contributed by atoms with E-state index < -0.39 is 24.5 Å². The van der Waals surface area contributed by atoms with Crippen LogP contribution in [0.5, 0.6) is 0 Å². The molecule has 176 valence electrons. The quantitative estimate of drug-likeness (QED) is 0.621. The van der Waals surface area contributed by atoms with Crippen LogP contribution in [0.15, 0.2) is 29.1 Å². The van der Waals surface area contributed by atoms with E-state index in [1.165, 1.54) is 0 Å². The van der Waals surface area contributed by atoms with Gasteiger partial charge in [-0.3, -0.25) is 24.3 Å². The summed E-state index contributed by atoms with van der Waals surface area (Å²) in [6.45, 7) is 1.55. The average Bonchev–Trinajstić information content (AvgIpc) is 3.63. The molecule has 2 aromatic rings. The van der Waals surface area contributed by atoms with Crippen molar-refractivity contribution in [3.8, 4) is 0 Å². The van der Waals surface area contributed by atoms with Gasteiger partial charge >= 0.3 is 12.0 Å². The number of esters is 1. The van der Waals surface area contributed by atoms with Crippen LogP contribution < -0.4 is 16.2 Å². The number of fused-ring (bicyclic) bond motifs is 1. The molecule has 2 aliphatic rings. The van der Waals surface area contributed by atoms with Crippen molar-refractivity contribution in [2.75, 3.05) is 6.61 Å². The fraction of sp³-hybridized carbons (Fsp3) is 0.542. The number of carbonyl (C=O) groups excluding carboxylic acids is 3. The molecule has 0 aliphatic heterocycles. The second-order valence-corrected chi connectivity index (χ2v) is 9.00. The van der Waals surface area contributed by atoms with Crippen molar-refractivity contribution in [3.05, 3.63) is 40.4 Å². The van der Waals surface area contributed by atoms with Gasteiger partial charge in [-0.05, 0) is 43.7 Å². The summed E-state index contributed by atoms with van der Waals surface area (Å²) in [6.07, 6.45) is 6.21. The van der Waals surface area contributed by atoms with Gasteiger partial charge in [0.1, 0.15) is 5.82 Å². The number of para-hydroxylation sites is 1. The second kappa shape index (κ2) is 10.1. The maximum absolute atomic E-state index is 12.9. The normalized spacial score (nSPS) is 20.3. The van der Waals surface area contributed by atoms with E-state index in [9.17, 15) is 19.2 Å². The summed E-state index contributed by atoms with van der Waals surface area (Å²) in [6, 6.07) is 6.76. The lowest BCUT2D eigenvalue weighted by atomic mass is 9.86. The Hall–Kier alpha value is -3.23. The van der Waals surface area contributed by atoms with Crippen LogP contribution in [-0.2, 0) is 20.7 Å². The zero-order chi connectivity index (χ0) is 23.4. The van der Waals surface area contributed by atoms with E-state index in [-0.39, 0.29) is 30.5 Å². The first-order valence-electron chi connectivity index (χ1n) is 11.7. The van der Waals surface area contributed by atoms with Crippen molar-refractivity contribution >= 4 is 28.8 Å². The van der Waals surface area contributed by atoms with Gasteiger partial charge in [-0.1, -0.05) is 31.9 Å². The minimum Gasteiger partial charge on any atom is -0.456 e. The number of aryl methyl sites for hydroxylation is 1. The van der Waals surface area contributed by atoms with Crippen LogP contribution in [0.4, 0.5) is 4.79 Å². The van der Waals surface area contributed by atoms with Crippen LogP contribution in [0.1, 0.15) is 63.7 Å². The Bertz CT molecular complexity index is 1110. The fourth-order valence-corrected chi connectivity index (χ4v) is 4.41. The number of imide groups is 1. The highest BCUT2D eigenvalue weighted by molar-refractivity contribution is 5.95. The van der Waals surface area contributed by atoms with Crippen LogP contribution in [0.25, 0.3) is 10.9 Å². The number of hydrogen-bond acceptors (Lipinski definition) is 6. The molecule has 2 atom stereocenters. The lowest BCUT2D eigenvalue weighted by Crippen LogP contribution is -2.48. The summed E-state index contributed by atoms with van der Waals surface area (Å²) >= 11 is 0. The number of amides is 3. The summed E-state index contributed by atoms with van der Waals surface area (Å²) < 4.78 is 6.70. The third-order valence-corrected chi connectivity index (χ3v) is 6.39. The Kier molecular flexibility index (Phi) is 7.05. The standard InChI is InChI=1S/C24H30N4O5/c1-15-6-2-4-8-18(15)26-24(32)27-21(29)14-33-22(30)13-12-20-25-19-9-5-3-7-17(19)23(31)28(20)16-10-11-16/h3,5,7,9,15-16,18H,2,4,6,8,10-14H2,1H3,(H2,26,27,29,32). The summed E-state index contributed by atoms with van der Waals surface area (Å²) in [7, 11) is 0. The predicted octanol–water partition coefficient (Wildman–Crippen LogP) is 2.61. The van der Waals surface area contributed by atoms with E-state index in [1.807, 2.05) is 6.07 Å². The zero-order valence-electron chi connectivity index (χ0n) is 18.8. The number of urea groups is 1. The molecule has 2 fully saturated rings. The third kappa shape index (κ3) is 5.77. The molecule has 0 spiro atoms. The molecule has 0 radical (unpaired) electrons. The highest BCUT2D eigenvalue weighted by atomic mass is 16.5. The highest BCUT2D eigenvalue weighted by Crippen LogP contribution is 2.35. The number of carbonyl (C=O) groups is 3. The first-order chi connectivity index (χ1) is 15.9. The van der Waals surface area contributed by atoms with Crippen LogP contribution in [-0.4, -0.2) is 40.1 Å². The molecule has 2 aliphatic carbocycles. The SMILES string of the molecule is CC1CCCCC1NC(=O)NC(=O)COC(=O)CCc1nc2ccccc2c(=O)n1C1CC1. The molecule has 1 aromatic carbocycles. The van der Waals surface area contributed by atoms with Gasteiger partial charge in [-0.2, -0.15) is 0 Å². The fourth-order valence-electron chi connectivity index (χ4n) is 4.41. The van der Waals surface area contributed by atoms with Crippen LogP contribution >= 0.6 is 0 Å². The molecule has 1 aromatic heterocycles. The summed E-state index contributed by atoms with van der Waals surface area (Å²) in [5.41, 5.74) is 0.504. The molecule has 0 saturated heterocycles. The Balaban J connectivity index is 1.27. The number of nitrogens with one attached hydrogen (secondary N) is 2. The molecular formula is C24H30N4O5. The lowest BCUT2D eigenvalue weighted by molar-refractivity contribution is -0.148. The zero-order valence-corrected chi connectivity index (χ0v) is 18.8. The van der Waals surface area contributed by atoms with Crippen molar-refractivity contribution < 1.29 is 19.1 Å². The van der Waals surface area contributed by atoms with Gasteiger partial charge in [-0.25, -0.2) is 9.78 Å². The molecular weight excluding hydrogens is 424 g/mol. The van der Waals surface area contributed by atoms with Gasteiger partial charge in [0.2, 0.25) is 0 Å². The smallest absolute Gasteiger partial charge is 0.321 e. The number of rotatable bonds is 7. The molecule has 2 saturated carbocycles. The molecule has 1 heterocycles. The Labute approximate surface area is 191 Å². The second-order valence-electron chi connectivity index (χ2n) is 9.00. The molecule has 2 N–H and O–H groups in total. The summed E-state index contributed by atoms with van der Waals surface area (Å²) in [5.74, 6) is -0.350. The van der Waals surface area contributed by atoms with Crippen LogP contribution in [0.3, 0.4) is 0 Å². The van der Waals surface area contributed by atoms with Gasteiger partial charge in [0, 0.05) is 18.5 Å². The van der Waals surface area contributed by atoms with Crippen molar-refractivity contribution in [2.45, 2.75) is 70.4 Å². The molecule has 4 rings (SSSR count). The molecule has 9 nitrogen and oxygen atoms in total. The number of hydrogen-bond donors (Lipinski definition) is 2. The predicted molar refractivity (Wildman–Crippen MR) is 122 cm³/mol. The van der Waals surface area contributed by atoms with Gasteiger partial charge < -0.3 is 10.1 Å². The number of benzene rings is 1. The van der Waals surface area contributed by atoms with Crippen LogP contribution in [0.2, 0.25) is 0 Å². The molecule has 3 amide bonds. The Morgan fingerprint density at radius 1 is 1.12 bits per heavy atom. The van der Waals surface area contributed by atoms with E-state index in [1.54, 1.807) is 22.8 Å². The number of ether oxygens (including phenoxy) is 1. The third-order valence-electron chi connectivity index (χ3n) is 6.39. The number of aromatic nitrogens is 2.